The van der Waals surface area contributed by atoms with E-state index >= 15 is 0 Å². The zero-order valence-electron chi connectivity index (χ0n) is 17.8. The summed E-state index contributed by atoms with van der Waals surface area (Å²) < 4.78 is 5.56. The number of rotatable bonds is 8. The van der Waals surface area contributed by atoms with E-state index in [1.807, 2.05) is 19.2 Å². The van der Waals surface area contributed by atoms with Gasteiger partial charge in [0.05, 0.1) is 13.2 Å². The van der Waals surface area contributed by atoms with Crippen molar-refractivity contribution in [3.05, 3.63) is 65.7 Å². The second-order valence-corrected chi connectivity index (χ2v) is 7.67. The third-order valence-corrected chi connectivity index (χ3v) is 5.64. The Morgan fingerprint density at radius 1 is 1.07 bits per heavy atom. The van der Waals surface area contributed by atoms with Crippen LogP contribution >= 0.6 is 24.0 Å². The molecule has 5 nitrogen and oxygen atoms in total. The average Bonchev–Trinajstić information content (AvgIpc) is 3.52. The zero-order valence-corrected chi connectivity index (χ0v) is 20.1. The molecule has 0 aliphatic heterocycles. The van der Waals surface area contributed by atoms with Gasteiger partial charge in [-0.15, -0.1) is 24.0 Å². The lowest BCUT2D eigenvalue weighted by Crippen LogP contribution is -2.44. The molecular formula is C23H33IN4O. The van der Waals surface area contributed by atoms with Gasteiger partial charge in [-0.3, -0.25) is 4.99 Å². The molecule has 2 aromatic rings. The maximum Gasteiger partial charge on any atom is 0.191 e. The minimum Gasteiger partial charge on any atom is -0.496 e. The summed E-state index contributed by atoms with van der Waals surface area (Å²) in [6, 6.07) is 19.1. The molecule has 1 fully saturated rings. The predicted octanol–water partition coefficient (Wildman–Crippen LogP) is 3.81. The molecule has 1 atom stereocenters. The van der Waals surface area contributed by atoms with Crippen molar-refractivity contribution in [2.75, 3.05) is 41.3 Å². The van der Waals surface area contributed by atoms with Crippen LogP contribution in [0.15, 0.2) is 59.6 Å². The Labute approximate surface area is 192 Å². The summed E-state index contributed by atoms with van der Waals surface area (Å²) >= 11 is 0. The number of nitrogens with one attached hydrogen (secondary N) is 2. The molecule has 0 amide bonds. The SMILES string of the molecule is CN=C(NCC(c1ccccc1OC)N(C)C)NCC1(c2ccccc2)CC1.I. The number of benzene rings is 2. The number of ether oxygens (including phenoxy) is 1. The summed E-state index contributed by atoms with van der Waals surface area (Å²) in [7, 11) is 7.72. The molecule has 3 rings (SSSR count). The molecule has 1 saturated carbocycles. The van der Waals surface area contributed by atoms with Crippen LogP contribution in [0, 0.1) is 0 Å². The lowest BCUT2D eigenvalue weighted by molar-refractivity contribution is 0.287. The number of aliphatic imine (C=N–C) groups is 1. The number of nitrogens with zero attached hydrogens (tertiary/aromatic N) is 2. The number of hydrogen-bond acceptors (Lipinski definition) is 3. The van der Waals surface area contributed by atoms with E-state index in [9.17, 15) is 0 Å². The van der Waals surface area contributed by atoms with E-state index in [2.05, 4.69) is 77.1 Å². The van der Waals surface area contributed by atoms with Gasteiger partial charge in [-0.2, -0.15) is 0 Å². The van der Waals surface area contributed by atoms with Crippen LogP contribution in [-0.4, -0.2) is 52.2 Å². The van der Waals surface area contributed by atoms with Gasteiger partial charge in [-0.1, -0.05) is 48.5 Å². The minimum absolute atomic E-state index is 0. The van der Waals surface area contributed by atoms with Crippen LogP contribution in [0.1, 0.15) is 30.0 Å². The van der Waals surface area contributed by atoms with Crippen molar-refractivity contribution >= 4 is 29.9 Å². The van der Waals surface area contributed by atoms with Crippen molar-refractivity contribution in [3.8, 4) is 5.75 Å². The highest BCUT2D eigenvalue weighted by Crippen LogP contribution is 2.47. The number of para-hydroxylation sites is 1. The van der Waals surface area contributed by atoms with Gasteiger partial charge < -0.3 is 20.3 Å². The third kappa shape index (κ3) is 5.85. The Bertz CT molecular complexity index is 790. The minimum atomic E-state index is 0. The number of guanidine groups is 1. The maximum atomic E-state index is 5.56. The molecule has 0 radical (unpaired) electrons. The molecule has 1 unspecified atom stereocenters. The summed E-state index contributed by atoms with van der Waals surface area (Å²) in [6.45, 7) is 1.64. The van der Waals surface area contributed by atoms with Crippen molar-refractivity contribution < 1.29 is 4.74 Å². The molecule has 0 saturated heterocycles. The van der Waals surface area contributed by atoms with Gasteiger partial charge >= 0.3 is 0 Å². The van der Waals surface area contributed by atoms with E-state index in [-0.39, 0.29) is 35.4 Å². The Hall–Kier alpha value is -1.80. The highest BCUT2D eigenvalue weighted by atomic mass is 127. The number of likely N-dealkylation sites (N-methyl/N-ethyl adjacent to an activating group) is 1. The fourth-order valence-corrected chi connectivity index (χ4v) is 3.69. The Morgan fingerprint density at radius 3 is 2.31 bits per heavy atom. The molecule has 158 valence electrons. The molecule has 29 heavy (non-hydrogen) atoms. The first kappa shape index (κ1) is 23.5. The van der Waals surface area contributed by atoms with E-state index < -0.39 is 0 Å². The van der Waals surface area contributed by atoms with Gasteiger partial charge in [0.25, 0.3) is 0 Å². The molecule has 0 bridgehead atoms. The first-order valence-electron chi connectivity index (χ1n) is 9.89. The Kier molecular flexibility index (Phi) is 8.77. The predicted molar refractivity (Wildman–Crippen MR) is 132 cm³/mol. The van der Waals surface area contributed by atoms with Gasteiger partial charge in [0, 0.05) is 31.1 Å². The van der Waals surface area contributed by atoms with Gasteiger partial charge in [0.2, 0.25) is 0 Å². The van der Waals surface area contributed by atoms with Crippen molar-refractivity contribution in [2.45, 2.75) is 24.3 Å². The van der Waals surface area contributed by atoms with E-state index in [0.29, 0.717) is 0 Å². The number of halogens is 1. The molecule has 1 aliphatic carbocycles. The van der Waals surface area contributed by atoms with Gasteiger partial charge in [-0.25, -0.2) is 0 Å². The normalized spacial score (nSPS) is 16.0. The zero-order chi connectivity index (χ0) is 20.0. The largest absolute Gasteiger partial charge is 0.496 e. The van der Waals surface area contributed by atoms with Crippen LogP contribution in [0.25, 0.3) is 0 Å². The van der Waals surface area contributed by atoms with Crippen molar-refractivity contribution in [1.29, 1.82) is 0 Å². The second kappa shape index (κ2) is 10.8. The van der Waals surface area contributed by atoms with Crippen molar-refractivity contribution in [2.24, 2.45) is 4.99 Å². The smallest absolute Gasteiger partial charge is 0.191 e. The van der Waals surface area contributed by atoms with E-state index in [1.54, 1.807) is 7.11 Å². The van der Waals surface area contributed by atoms with Crippen LogP contribution in [0.3, 0.4) is 0 Å². The van der Waals surface area contributed by atoms with Gasteiger partial charge in [-0.05, 0) is 38.6 Å². The van der Waals surface area contributed by atoms with E-state index in [1.165, 1.54) is 24.0 Å². The standard InChI is InChI=1S/C23H32N4O.HI/c1-24-22(26-17-23(14-15-23)18-10-6-5-7-11-18)25-16-20(27(2)3)19-12-8-9-13-21(19)28-4;/h5-13,20H,14-17H2,1-4H3,(H2,24,25,26);1H. The highest BCUT2D eigenvalue weighted by molar-refractivity contribution is 14.0. The first-order valence-corrected chi connectivity index (χ1v) is 9.89. The van der Waals surface area contributed by atoms with Crippen LogP contribution in [0.4, 0.5) is 0 Å². The van der Waals surface area contributed by atoms with Crippen LogP contribution in [0.5, 0.6) is 5.75 Å². The van der Waals surface area contributed by atoms with E-state index in [4.69, 9.17) is 4.74 Å². The molecule has 0 aromatic heterocycles. The first-order chi connectivity index (χ1) is 13.6. The summed E-state index contributed by atoms with van der Waals surface area (Å²) in [5.74, 6) is 1.75. The summed E-state index contributed by atoms with van der Waals surface area (Å²) in [4.78, 5) is 6.62. The topological polar surface area (TPSA) is 48.9 Å². The molecule has 6 heteroatoms. The Balaban J connectivity index is 0.00000300. The number of hydrogen-bond donors (Lipinski definition) is 2. The summed E-state index contributed by atoms with van der Waals surface area (Å²) in [5, 5.41) is 7.03. The van der Waals surface area contributed by atoms with Crippen LogP contribution in [0.2, 0.25) is 0 Å². The van der Waals surface area contributed by atoms with Crippen LogP contribution in [-0.2, 0) is 5.41 Å². The van der Waals surface area contributed by atoms with Crippen molar-refractivity contribution in [3.63, 3.8) is 0 Å². The molecule has 0 heterocycles. The Morgan fingerprint density at radius 2 is 1.72 bits per heavy atom. The van der Waals surface area contributed by atoms with E-state index in [0.717, 1.165) is 24.8 Å². The maximum absolute atomic E-state index is 5.56. The lowest BCUT2D eigenvalue weighted by Gasteiger charge is -2.27. The van der Waals surface area contributed by atoms with Gasteiger partial charge in [0.1, 0.15) is 5.75 Å². The van der Waals surface area contributed by atoms with Gasteiger partial charge in [0.15, 0.2) is 5.96 Å². The molecule has 2 aromatic carbocycles. The number of methoxy groups -OCH3 is 1. The molecule has 1 aliphatic rings. The molecule has 0 spiro atoms. The summed E-state index contributed by atoms with van der Waals surface area (Å²) in [6.07, 6.45) is 2.45. The highest BCUT2D eigenvalue weighted by Gasteiger charge is 2.44. The fraction of sp³-hybridized carbons (Fsp3) is 0.435. The van der Waals surface area contributed by atoms with Crippen molar-refractivity contribution in [1.82, 2.24) is 15.5 Å². The monoisotopic (exact) mass is 508 g/mol. The quantitative estimate of drug-likeness (QED) is 0.324. The lowest BCUT2D eigenvalue weighted by atomic mass is 9.96. The average molecular weight is 508 g/mol. The summed E-state index contributed by atoms with van der Waals surface area (Å²) in [5.41, 5.74) is 2.83. The third-order valence-electron chi connectivity index (χ3n) is 5.64. The fourth-order valence-electron chi connectivity index (χ4n) is 3.69. The second-order valence-electron chi connectivity index (χ2n) is 7.67. The molecular weight excluding hydrogens is 475 g/mol. The molecule has 2 N–H and O–H groups in total. The van der Waals surface area contributed by atoms with Crippen LogP contribution < -0.4 is 15.4 Å².